The summed E-state index contributed by atoms with van der Waals surface area (Å²) >= 11 is 0. The minimum absolute atomic E-state index is 0.246. The van der Waals surface area contributed by atoms with Crippen LogP contribution >= 0.6 is 0 Å². The number of aliphatic hydroxyl groups is 1. The summed E-state index contributed by atoms with van der Waals surface area (Å²) in [4.78, 5) is 11.1. The molecule has 2 rings (SSSR count). The van der Waals surface area contributed by atoms with E-state index in [0.29, 0.717) is 5.56 Å². The number of carbonyl (C=O) groups is 1. The van der Waals surface area contributed by atoms with Crippen molar-refractivity contribution in [2.45, 2.75) is 38.7 Å². The Bertz CT molecular complexity index is 421. The Labute approximate surface area is 94.7 Å². The predicted octanol–water partition coefficient (Wildman–Crippen LogP) is 2.32. The molecule has 1 aromatic carbocycles. The van der Waals surface area contributed by atoms with E-state index in [4.69, 9.17) is 5.11 Å². The number of aliphatic hydroxyl groups excluding tert-OH is 1. The van der Waals surface area contributed by atoms with Crippen molar-refractivity contribution in [2.24, 2.45) is 0 Å². The molecule has 0 spiro atoms. The first-order valence-electron chi connectivity index (χ1n) is 5.67. The monoisotopic (exact) mass is 220 g/mol. The molecule has 0 radical (unpaired) electrons. The highest BCUT2D eigenvalue weighted by atomic mass is 16.4. The van der Waals surface area contributed by atoms with Crippen molar-refractivity contribution < 1.29 is 15.0 Å². The highest BCUT2D eigenvalue weighted by molar-refractivity contribution is 5.90. The van der Waals surface area contributed by atoms with Gasteiger partial charge in [0.05, 0.1) is 11.7 Å². The summed E-state index contributed by atoms with van der Waals surface area (Å²) in [7, 11) is 0. The number of aromatic carboxylic acids is 1. The minimum Gasteiger partial charge on any atom is -0.478 e. The first kappa shape index (κ1) is 11.1. The van der Waals surface area contributed by atoms with E-state index in [0.717, 1.165) is 31.2 Å². The zero-order valence-corrected chi connectivity index (χ0v) is 9.36. The lowest BCUT2D eigenvalue weighted by Crippen LogP contribution is -2.14. The normalized spacial score (nSPS) is 16.6. The molecule has 86 valence electrons. The molecule has 0 bridgehead atoms. The number of aryl methyl sites for hydroxylation is 1. The number of rotatable bonds is 2. The smallest absolute Gasteiger partial charge is 0.336 e. The second-order valence-electron chi connectivity index (χ2n) is 4.35. The predicted molar refractivity (Wildman–Crippen MR) is 60.7 cm³/mol. The molecule has 3 nitrogen and oxygen atoms in total. The fourth-order valence-corrected chi connectivity index (χ4v) is 2.52. The third kappa shape index (κ3) is 1.83. The molecule has 0 amide bonds. The maximum absolute atomic E-state index is 11.1. The van der Waals surface area contributed by atoms with Crippen LogP contribution in [0.1, 0.15) is 52.9 Å². The Balaban J connectivity index is 2.61. The van der Waals surface area contributed by atoms with Gasteiger partial charge in [0.1, 0.15) is 0 Å². The third-order valence-corrected chi connectivity index (χ3v) is 3.23. The molecule has 1 unspecified atom stereocenters. The van der Waals surface area contributed by atoms with Crippen molar-refractivity contribution >= 4 is 5.97 Å². The van der Waals surface area contributed by atoms with Gasteiger partial charge in [-0.05, 0) is 55.4 Å². The molecular weight excluding hydrogens is 204 g/mol. The van der Waals surface area contributed by atoms with Gasteiger partial charge in [0.2, 0.25) is 0 Å². The van der Waals surface area contributed by atoms with Gasteiger partial charge in [0.15, 0.2) is 0 Å². The lowest BCUT2D eigenvalue weighted by Gasteiger charge is -2.22. The van der Waals surface area contributed by atoms with Crippen LogP contribution in [0, 0.1) is 0 Å². The second-order valence-corrected chi connectivity index (χ2v) is 4.35. The van der Waals surface area contributed by atoms with Gasteiger partial charge in [-0.15, -0.1) is 0 Å². The van der Waals surface area contributed by atoms with Crippen LogP contribution < -0.4 is 0 Å². The molecule has 2 N–H and O–H groups in total. The fourth-order valence-electron chi connectivity index (χ4n) is 2.52. The summed E-state index contributed by atoms with van der Waals surface area (Å²) in [5.41, 5.74) is 3.12. The zero-order chi connectivity index (χ0) is 11.7. The summed E-state index contributed by atoms with van der Waals surface area (Å²) in [6.45, 7) is 1.64. The molecule has 3 heteroatoms. The molecular formula is C13H16O3. The average molecular weight is 220 g/mol. The van der Waals surface area contributed by atoms with Crippen LogP contribution in [0.4, 0.5) is 0 Å². The molecule has 0 aliphatic heterocycles. The molecule has 0 heterocycles. The van der Waals surface area contributed by atoms with Crippen molar-refractivity contribution in [3.8, 4) is 0 Å². The maximum atomic E-state index is 11.1. The number of benzene rings is 1. The molecule has 1 atom stereocenters. The molecule has 0 aromatic heterocycles. The van der Waals surface area contributed by atoms with Crippen LogP contribution in [-0.4, -0.2) is 16.2 Å². The van der Waals surface area contributed by atoms with Gasteiger partial charge < -0.3 is 10.2 Å². The number of hydrogen-bond acceptors (Lipinski definition) is 2. The van der Waals surface area contributed by atoms with Crippen LogP contribution in [0.2, 0.25) is 0 Å². The van der Waals surface area contributed by atoms with Crippen molar-refractivity contribution in [3.05, 3.63) is 34.4 Å². The van der Waals surface area contributed by atoms with Crippen LogP contribution in [0.15, 0.2) is 12.1 Å². The molecule has 0 saturated carbocycles. The van der Waals surface area contributed by atoms with E-state index >= 15 is 0 Å². The maximum Gasteiger partial charge on any atom is 0.336 e. The molecule has 1 aliphatic carbocycles. The lowest BCUT2D eigenvalue weighted by atomic mass is 9.84. The summed E-state index contributed by atoms with van der Waals surface area (Å²) in [5.74, 6) is -0.954. The highest BCUT2D eigenvalue weighted by Crippen LogP contribution is 2.31. The van der Waals surface area contributed by atoms with E-state index in [1.165, 1.54) is 5.56 Å². The second kappa shape index (κ2) is 4.26. The number of fused-ring (bicyclic) bond motifs is 1. The van der Waals surface area contributed by atoms with Gasteiger partial charge in [-0.2, -0.15) is 0 Å². The van der Waals surface area contributed by atoms with Crippen molar-refractivity contribution in [2.75, 3.05) is 0 Å². The van der Waals surface area contributed by atoms with Crippen molar-refractivity contribution in [1.29, 1.82) is 0 Å². The number of carboxylic acids is 1. The Kier molecular flexibility index (Phi) is 2.97. The fraction of sp³-hybridized carbons (Fsp3) is 0.462. The van der Waals surface area contributed by atoms with Gasteiger partial charge in [0.25, 0.3) is 0 Å². The van der Waals surface area contributed by atoms with E-state index < -0.39 is 12.1 Å². The van der Waals surface area contributed by atoms with E-state index in [1.54, 1.807) is 13.0 Å². The summed E-state index contributed by atoms with van der Waals surface area (Å²) in [6, 6.07) is 3.51. The first-order valence-corrected chi connectivity index (χ1v) is 5.67. The van der Waals surface area contributed by atoms with Gasteiger partial charge >= 0.3 is 5.97 Å². The quantitative estimate of drug-likeness (QED) is 0.804. The van der Waals surface area contributed by atoms with E-state index in [2.05, 4.69) is 0 Å². The van der Waals surface area contributed by atoms with E-state index in [1.807, 2.05) is 6.07 Å². The van der Waals surface area contributed by atoms with Crippen molar-refractivity contribution in [1.82, 2.24) is 0 Å². The Morgan fingerprint density at radius 1 is 1.31 bits per heavy atom. The standard InChI is InChI=1S/C13H16O3/c1-8(14)12-10-5-3-2-4-9(10)6-7-11(12)13(15)16/h6-8,14H,2-5H2,1H3,(H,15,16). The molecule has 0 saturated heterocycles. The third-order valence-electron chi connectivity index (χ3n) is 3.23. The van der Waals surface area contributed by atoms with E-state index in [-0.39, 0.29) is 5.56 Å². The van der Waals surface area contributed by atoms with Gasteiger partial charge in [-0.25, -0.2) is 4.79 Å². The molecule has 0 fully saturated rings. The zero-order valence-electron chi connectivity index (χ0n) is 9.36. The van der Waals surface area contributed by atoms with Crippen LogP contribution in [-0.2, 0) is 12.8 Å². The topological polar surface area (TPSA) is 57.5 Å². The van der Waals surface area contributed by atoms with Gasteiger partial charge in [-0.3, -0.25) is 0 Å². The minimum atomic E-state index is -0.954. The van der Waals surface area contributed by atoms with Gasteiger partial charge in [0, 0.05) is 0 Å². The number of carboxylic acid groups (broad SMARTS) is 1. The summed E-state index contributed by atoms with van der Waals surface area (Å²) < 4.78 is 0. The lowest BCUT2D eigenvalue weighted by molar-refractivity contribution is 0.0689. The molecule has 16 heavy (non-hydrogen) atoms. The average Bonchev–Trinajstić information content (AvgIpc) is 2.27. The summed E-state index contributed by atoms with van der Waals surface area (Å²) in [6.07, 6.45) is 3.40. The van der Waals surface area contributed by atoms with Gasteiger partial charge in [-0.1, -0.05) is 6.07 Å². The van der Waals surface area contributed by atoms with Crippen LogP contribution in [0.5, 0.6) is 0 Å². The Hall–Kier alpha value is -1.35. The number of hydrogen-bond donors (Lipinski definition) is 2. The SMILES string of the molecule is CC(O)c1c(C(=O)O)ccc2c1CCCC2. The van der Waals surface area contributed by atoms with Crippen LogP contribution in [0.3, 0.4) is 0 Å². The Morgan fingerprint density at radius 2 is 2.00 bits per heavy atom. The van der Waals surface area contributed by atoms with E-state index in [9.17, 15) is 9.90 Å². The largest absolute Gasteiger partial charge is 0.478 e. The molecule has 1 aromatic rings. The Morgan fingerprint density at radius 3 is 2.62 bits per heavy atom. The molecule has 1 aliphatic rings. The summed E-state index contributed by atoms with van der Waals surface area (Å²) in [5, 5.41) is 18.9. The van der Waals surface area contributed by atoms with Crippen molar-refractivity contribution in [3.63, 3.8) is 0 Å². The highest BCUT2D eigenvalue weighted by Gasteiger charge is 2.22. The first-order chi connectivity index (χ1) is 7.61. The van der Waals surface area contributed by atoms with Crippen LogP contribution in [0.25, 0.3) is 0 Å².